The molecule has 2 heterocycles. The molecule has 0 spiro atoms. The molecule has 1 aliphatic heterocycles. The maximum atomic E-state index is 7.40. The number of aromatic nitrogens is 2. The molecule has 17 heavy (non-hydrogen) atoms. The van der Waals surface area contributed by atoms with Crippen LogP contribution in [0.3, 0.4) is 0 Å². The van der Waals surface area contributed by atoms with E-state index in [-0.39, 0.29) is 11.9 Å². The molecule has 1 fully saturated rings. The largest absolute Gasteiger partial charge is 0.385 e. The lowest BCUT2D eigenvalue weighted by atomic mass is 10.2. The molecule has 2 rings (SSSR count). The first-order valence-corrected chi connectivity index (χ1v) is 5.82. The van der Waals surface area contributed by atoms with Crippen LogP contribution in [0.2, 0.25) is 0 Å². The Labute approximate surface area is 101 Å². The second-order valence-electron chi connectivity index (χ2n) is 4.28. The summed E-state index contributed by atoms with van der Waals surface area (Å²) in [7, 11) is 0. The van der Waals surface area contributed by atoms with Gasteiger partial charge in [0.1, 0.15) is 17.8 Å². The third kappa shape index (κ3) is 3.04. The van der Waals surface area contributed by atoms with E-state index in [0.717, 1.165) is 25.5 Å². The number of imidazole rings is 1. The number of morpholine rings is 1. The van der Waals surface area contributed by atoms with Gasteiger partial charge in [-0.2, -0.15) is 0 Å². The van der Waals surface area contributed by atoms with Crippen LogP contribution in [0, 0.1) is 12.3 Å². The molecule has 1 aliphatic rings. The van der Waals surface area contributed by atoms with Gasteiger partial charge >= 0.3 is 0 Å². The van der Waals surface area contributed by atoms with Crippen LogP contribution in [0.15, 0.2) is 12.4 Å². The van der Waals surface area contributed by atoms with Crippen molar-refractivity contribution in [3.05, 3.63) is 18.2 Å². The molecule has 0 saturated carbocycles. The molecule has 3 N–H and O–H groups in total. The Morgan fingerprint density at radius 2 is 2.47 bits per heavy atom. The highest BCUT2D eigenvalue weighted by atomic mass is 16.5. The second-order valence-corrected chi connectivity index (χ2v) is 4.28. The zero-order valence-corrected chi connectivity index (χ0v) is 10.1. The van der Waals surface area contributed by atoms with Crippen molar-refractivity contribution in [1.82, 2.24) is 14.5 Å². The van der Waals surface area contributed by atoms with Crippen molar-refractivity contribution in [3.63, 3.8) is 0 Å². The Morgan fingerprint density at radius 1 is 1.65 bits per heavy atom. The van der Waals surface area contributed by atoms with Gasteiger partial charge in [0.2, 0.25) is 0 Å². The standard InChI is InChI=1S/C11H19N5O/c1-9-14-2-3-16(9)5-4-15-6-7-17-10(8-15)11(12)13/h2-3,10H,4-8H2,1H3,(H3,12,13). The van der Waals surface area contributed by atoms with Crippen molar-refractivity contribution < 1.29 is 4.74 Å². The van der Waals surface area contributed by atoms with Crippen LogP contribution in [-0.4, -0.2) is 52.6 Å². The lowest BCUT2D eigenvalue weighted by Gasteiger charge is -2.32. The van der Waals surface area contributed by atoms with E-state index in [4.69, 9.17) is 15.9 Å². The number of ether oxygens (including phenoxy) is 1. The van der Waals surface area contributed by atoms with Gasteiger partial charge in [-0.25, -0.2) is 4.98 Å². The summed E-state index contributed by atoms with van der Waals surface area (Å²) in [5.74, 6) is 1.15. The minimum Gasteiger partial charge on any atom is -0.385 e. The molecule has 6 heteroatoms. The molecule has 1 saturated heterocycles. The third-order valence-corrected chi connectivity index (χ3v) is 3.08. The molecule has 0 radical (unpaired) electrons. The van der Waals surface area contributed by atoms with Gasteiger partial charge in [-0.3, -0.25) is 10.3 Å². The number of rotatable bonds is 4. The van der Waals surface area contributed by atoms with E-state index in [2.05, 4.69) is 14.5 Å². The maximum Gasteiger partial charge on any atom is 0.127 e. The summed E-state index contributed by atoms with van der Waals surface area (Å²) in [6, 6.07) is 0. The Hall–Kier alpha value is -1.40. The van der Waals surface area contributed by atoms with E-state index in [9.17, 15) is 0 Å². The second kappa shape index (κ2) is 5.29. The zero-order chi connectivity index (χ0) is 12.3. The van der Waals surface area contributed by atoms with Crippen LogP contribution in [0.1, 0.15) is 5.82 Å². The van der Waals surface area contributed by atoms with Gasteiger partial charge in [0.25, 0.3) is 0 Å². The summed E-state index contributed by atoms with van der Waals surface area (Å²) in [6.45, 7) is 6.10. The summed E-state index contributed by atoms with van der Waals surface area (Å²) in [4.78, 5) is 6.46. The summed E-state index contributed by atoms with van der Waals surface area (Å²) >= 11 is 0. The molecule has 0 aliphatic carbocycles. The summed E-state index contributed by atoms with van der Waals surface area (Å²) in [6.07, 6.45) is 3.55. The highest BCUT2D eigenvalue weighted by molar-refractivity contribution is 5.82. The number of aryl methyl sites for hydroxylation is 1. The molecule has 6 nitrogen and oxygen atoms in total. The molecule has 0 bridgehead atoms. The summed E-state index contributed by atoms with van der Waals surface area (Å²) in [5.41, 5.74) is 5.46. The van der Waals surface area contributed by atoms with Gasteiger partial charge in [-0.15, -0.1) is 0 Å². The number of hydrogen-bond acceptors (Lipinski definition) is 4. The SMILES string of the molecule is Cc1nccn1CCN1CCOC(C(=N)N)C1. The van der Waals surface area contributed by atoms with Crippen LogP contribution in [0.5, 0.6) is 0 Å². The highest BCUT2D eigenvalue weighted by Gasteiger charge is 2.22. The van der Waals surface area contributed by atoms with Gasteiger partial charge in [-0.05, 0) is 6.92 Å². The first-order chi connectivity index (χ1) is 8.16. The van der Waals surface area contributed by atoms with Crippen molar-refractivity contribution in [1.29, 1.82) is 5.41 Å². The molecule has 1 aromatic heterocycles. The molecular weight excluding hydrogens is 218 g/mol. The zero-order valence-electron chi connectivity index (χ0n) is 10.1. The number of nitrogens with two attached hydrogens (primary N) is 1. The number of hydrogen-bond donors (Lipinski definition) is 2. The fourth-order valence-electron chi connectivity index (χ4n) is 1.98. The fraction of sp³-hybridized carbons (Fsp3) is 0.636. The molecular formula is C11H19N5O. The predicted molar refractivity (Wildman–Crippen MR) is 65.1 cm³/mol. The topological polar surface area (TPSA) is 80.2 Å². The average molecular weight is 237 g/mol. The van der Waals surface area contributed by atoms with Crippen molar-refractivity contribution in [2.75, 3.05) is 26.2 Å². The van der Waals surface area contributed by atoms with E-state index < -0.39 is 0 Å². The van der Waals surface area contributed by atoms with E-state index in [1.54, 1.807) is 0 Å². The summed E-state index contributed by atoms with van der Waals surface area (Å²) < 4.78 is 7.54. The molecule has 0 aromatic carbocycles. The van der Waals surface area contributed by atoms with Crippen LogP contribution in [0.25, 0.3) is 0 Å². The molecule has 0 amide bonds. The van der Waals surface area contributed by atoms with Crippen LogP contribution in [0.4, 0.5) is 0 Å². The van der Waals surface area contributed by atoms with Gasteiger partial charge in [0.15, 0.2) is 0 Å². The first kappa shape index (κ1) is 12.1. The minimum absolute atomic E-state index is 0.119. The van der Waals surface area contributed by atoms with Crippen LogP contribution < -0.4 is 5.73 Å². The van der Waals surface area contributed by atoms with Gasteiger partial charge in [-0.1, -0.05) is 0 Å². The highest BCUT2D eigenvalue weighted by Crippen LogP contribution is 2.05. The minimum atomic E-state index is -0.243. The van der Waals surface area contributed by atoms with Crippen molar-refractivity contribution >= 4 is 5.84 Å². The Balaban J connectivity index is 1.83. The quantitative estimate of drug-likeness (QED) is 0.563. The smallest absolute Gasteiger partial charge is 0.127 e. The lowest BCUT2D eigenvalue weighted by Crippen LogP contribution is -2.48. The van der Waals surface area contributed by atoms with Crippen molar-refractivity contribution in [2.24, 2.45) is 5.73 Å². The third-order valence-electron chi connectivity index (χ3n) is 3.08. The number of amidine groups is 1. The lowest BCUT2D eigenvalue weighted by molar-refractivity contribution is 0.00447. The molecule has 1 aromatic rings. The van der Waals surface area contributed by atoms with Crippen molar-refractivity contribution in [2.45, 2.75) is 19.6 Å². The monoisotopic (exact) mass is 237 g/mol. The van der Waals surface area contributed by atoms with Crippen molar-refractivity contribution in [3.8, 4) is 0 Å². The Kier molecular flexibility index (Phi) is 3.75. The summed E-state index contributed by atoms with van der Waals surface area (Å²) in [5, 5.41) is 7.40. The van der Waals surface area contributed by atoms with Gasteiger partial charge < -0.3 is 15.0 Å². The van der Waals surface area contributed by atoms with Crippen LogP contribution in [-0.2, 0) is 11.3 Å². The maximum absolute atomic E-state index is 7.40. The van der Waals surface area contributed by atoms with Gasteiger partial charge in [0.05, 0.1) is 6.61 Å². The van der Waals surface area contributed by atoms with E-state index >= 15 is 0 Å². The van der Waals surface area contributed by atoms with E-state index in [1.807, 2.05) is 19.3 Å². The number of nitrogens with zero attached hydrogens (tertiary/aromatic N) is 3. The van der Waals surface area contributed by atoms with E-state index in [0.29, 0.717) is 13.2 Å². The van der Waals surface area contributed by atoms with Gasteiger partial charge in [0, 0.05) is 38.6 Å². The molecule has 94 valence electrons. The Morgan fingerprint density at radius 3 is 3.12 bits per heavy atom. The Bertz CT molecular complexity index is 389. The molecule has 1 atom stereocenters. The average Bonchev–Trinajstić information content (AvgIpc) is 2.72. The van der Waals surface area contributed by atoms with Crippen LogP contribution >= 0.6 is 0 Å². The normalized spacial score (nSPS) is 21.6. The van der Waals surface area contributed by atoms with E-state index in [1.165, 1.54) is 0 Å². The fourth-order valence-corrected chi connectivity index (χ4v) is 1.98. The molecule has 1 unspecified atom stereocenters. The predicted octanol–water partition coefficient (Wildman–Crippen LogP) is -0.172. The first-order valence-electron chi connectivity index (χ1n) is 5.82. The number of nitrogens with one attached hydrogen (secondary N) is 1.